The zero-order chi connectivity index (χ0) is 13.3. The number of benzene rings is 1. The summed E-state index contributed by atoms with van der Waals surface area (Å²) in [7, 11) is 0. The van der Waals surface area contributed by atoms with Crippen LogP contribution in [0.1, 0.15) is 42.5 Å². The number of hydrogen-bond donors (Lipinski definition) is 1. The van der Waals surface area contributed by atoms with Crippen LogP contribution in [-0.4, -0.2) is 14.8 Å². The van der Waals surface area contributed by atoms with Crippen LogP contribution in [0.4, 0.5) is 0 Å². The van der Waals surface area contributed by atoms with Crippen LogP contribution < -0.4 is 5.73 Å². The van der Waals surface area contributed by atoms with E-state index in [4.69, 9.17) is 5.73 Å². The maximum absolute atomic E-state index is 5.63. The molecule has 96 valence electrons. The number of rotatable bonds is 3. The molecular formula is C14H20N4. The van der Waals surface area contributed by atoms with Crippen molar-refractivity contribution >= 4 is 0 Å². The first-order valence-electron chi connectivity index (χ1n) is 6.26. The normalized spacial score (nSPS) is 11.2. The number of nitrogens with zero attached hydrogens (tertiary/aromatic N) is 3. The Labute approximate surface area is 108 Å². The van der Waals surface area contributed by atoms with Crippen molar-refractivity contribution in [3.63, 3.8) is 0 Å². The Kier molecular flexibility index (Phi) is 3.48. The topological polar surface area (TPSA) is 56.7 Å². The molecule has 4 heteroatoms. The molecule has 0 bridgehead atoms. The van der Waals surface area contributed by atoms with E-state index in [1.807, 2.05) is 4.68 Å². The average Bonchev–Trinajstić information content (AvgIpc) is 2.77. The molecule has 0 aliphatic rings. The molecule has 0 aliphatic heterocycles. The molecule has 1 aromatic heterocycles. The maximum Gasteiger partial charge on any atom is 0.164 e. The fraction of sp³-hybridized carbons (Fsp3) is 0.429. The highest BCUT2D eigenvalue weighted by Crippen LogP contribution is 2.19. The van der Waals surface area contributed by atoms with Crippen molar-refractivity contribution in [1.29, 1.82) is 0 Å². The zero-order valence-corrected chi connectivity index (χ0v) is 11.4. The van der Waals surface area contributed by atoms with E-state index in [1.54, 1.807) is 0 Å². The molecule has 0 radical (unpaired) electrons. The van der Waals surface area contributed by atoms with E-state index in [-0.39, 0.29) is 0 Å². The van der Waals surface area contributed by atoms with E-state index in [2.05, 4.69) is 56.0 Å². The molecule has 2 N–H and O–H groups in total. The molecule has 0 saturated heterocycles. The minimum Gasteiger partial charge on any atom is -0.324 e. The first-order valence-corrected chi connectivity index (χ1v) is 6.26. The predicted molar refractivity (Wildman–Crippen MR) is 72.8 cm³/mol. The van der Waals surface area contributed by atoms with E-state index in [0.717, 1.165) is 11.5 Å². The fourth-order valence-corrected chi connectivity index (χ4v) is 1.88. The van der Waals surface area contributed by atoms with E-state index < -0.39 is 0 Å². The lowest BCUT2D eigenvalue weighted by Crippen LogP contribution is -2.05. The quantitative estimate of drug-likeness (QED) is 0.902. The van der Waals surface area contributed by atoms with Crippen LogP contribution in [-0.2, 0) is 6.54 Å². The van der Waals surface area contributed by atoms with Gasteiger partial charge in [0.2, 0.25) is 0 Å². The molecule has 0 saturated carbocycles. The van der Waals surface area contributed by atoms with Crippen LogP contribution in [0.2, 0.25) is 0 Å². The monoisotopic (exact) mass is 244 g/mol. The van der Waals surface area contributed by atoms with Gasteiger partial charge in [0.15, 0.2) is 5.82 Å². The molecule has 4 nitrogen and oxygen atoms in total. The third-order valence-electron chi connectivity index (χ3n) is 3.11. The number of aromatic nitrogens is 3. The van der Waals surface area contributed by atoms with Gasteiger partial charge in [-0.25, -0.2) is 9.67 Å². The van der Waals surface area contributed by atoms with Crippen molar-refractivity contribution in [2.24, 2.45) is 5.73 Å². The van der Waals surface area contributed by atoms with Crippen LogP contribution in [0.3, 0.4) is 0 Å². The Morgan fingerprint density at radius 3 is 2.50 bits per heavy atom. The molecule has 0 atom stereocenters. The largest absolute Gasteiger partial charge is 0.324 e. The van der Waals surface area contributed by atoms with Crippen molar-refractivity contribution in [3.05, 3.63) is 41.0 Å². The van der Waals surface area contributed by atoms with Gasteiger partial charge in [0, 0.05) is 5.92 Å². The summed E-state index contributed by atoms with van der Waals surface area (Å²) < 4.78 is 1.90. The van der Waals surface area contributed by atoms with Crippen molar-refractivity contribution in [1.82, 2.24) is 14.8 Å². The Hall–Kier alpha value is -1.68. The van der Waals surface area contributed by atoms with Crippen LogP contribution in [0.5, 0.6) is 0 Å². The fourth-order valence-electron chi connectivity index (χ4n) is 1.88. The second-order valence-corrected chi connectivity index (χ2v) is 4.93. The Morgan fingerprint density at radius 2 is 1.94 bits per heavy atom. The number of hydrogen-bond acceptors (Lipinski definition) is 3. The minimum atomic E-state index is 0.319. The summed E-state index contributed by atoms with van der Waals surface area (Å²) in [5.41, 5.74) is 9.21. The third kappa shape index (κ3) is 2.29. The van der Waals surface area contributed by atoms with Gasteiger partial charge in [-0.3, -0.25) is 0 Å². The summed E-state index contributed by atoms with van der Waals surface area (Å²) in [5.74, 6) is 1.97. The summed E-state index contributed by atoms with van der Waals surface area (Å²) in [6, 6.07) is 6.32. The van der Waals surface area contributed by atoms with Gasteiger partial charge in [-0.1, -0.05) is 19.9 Å². The van der Waals surface area contributed by atoms with Gasteiger partial charge in [0.05, 0.1) is 12.2 Å². The molecule has 2 aromatic rings. The van der Waals surface area contributed by atoms with E-state index in [0.29, 0.717) is 18.3 Å². The second-order valence-electron chi connectivity index (χ2n) is 4.93. The number of nitrogens with two attached hydrogens (primary N) is 1. The lowest BCUT2D eigenvalue weighted by molar-refractivity contribution is 0.712. The van der Waals surface area contributed by atoms with Gasteiger partial charge in [0.1, 0.15) is 5.82 Å². The van der Waals surface area contributed by atoms with Gasteiger partial charge in [-0.15, -0.1) is 5.10 Å². The zero-order valence-electron chi connectivity index (χ0n) is 11.4. The molecule has 0 spiro atoms. The highest BCUT2D eigenvalue weighted by Gasteiger charge is 2.14. The van der Waals surface area contributed by atoms with Crippen molar-refractivity contribution in [2.45, 2.75) is 40.2 Å². The van der Waals surface area contributed by atoms with E-state index in [9.17, 15) is 0 Å². The average molecular weight is 244 g/mol. The van der Waals surface area contributed by atoms with Gasteiger partial charge in [-0.2, -0.15) is 0 Å². The lowest BCUT2D eigenvalue weighted by atomic mass is 10.1. The summed E-state index contributed by atoms with van der Waals surface area (Å²) in [5, 5.41) is 4.47. The molecule has 1 aromatic carbocycles. The van der Waals surface area contributed by atoms with Crippen LogP contribution in [0, 0.1) is 13.8 Å². The number of aryl methyl sites for hydroxylation is 2. The first kappa shape index (κ1) is 12.8. The lowest BCUT2D eigenvalue weighted by Gasteiger charge is -2.10. The van der Waals surface area contributed by atoms with Gasteiger partial charge in [0.25, 0.3) is 0 Å². The van der Waals surface area contributed by atoms with Crippen molar-refractivity contribution in [3.8, 4) is 5.69 Å². The summed E-state index contributed by atoms with van der Waals surface area (Å²) in [6.07, 6.45) is 0. The molecular weight excluding hydrogens is 224 g/mol. The molecule has 0 aliphatic carbocycles. The molecule has 0 amide bonds. The van der Waals surface area contributed by atoms with E-state index >= 15 is 0 Å². The molecule has 1 heterocycles. The SMILES string of the molecule is Cc1ccc(-n2nc(CN)nc2C(C)C)cc1C. The van der Waals surface area contributed by atoms with Gasteiger partial charge < -0.3 is 5.73 Å². The maximum atomic E-state index is 5.63. The third-order valence-corrected chi connectivity index (χ3v) is 3.11. The summed E-state index contributed by atoms with van der Waals surface area (Å²) >= 11 is 0. The Balaban J connectivity index is 2.54. The van der Waals surface area contributed by atoms with Gasteiger partial charge in [-0.05, 0) is 37.1 Å². The summed E-state index contributed by atoms with van der Waals surface area (Å²) in [4.78, 5) is 4.48. The van der Waals surface area contributed by atoms with Crippen molar-refractivity contribution in [2.75, 3.05) is 0 Å². The molecule has 2 rings (SSSR count). The Morgan fingerprint density at radius 1 is 1.22 bits per heavy atom. The molecule has 0 unspecified atom stereocenters. The second kappa shape index (κ2) is 4.90. The highest BCUT2D eigenvalue weighted by molar-refractivity contribution is 5.39. The van der Waals surface area contributed by atoms with Crippen molar-refractivity contribution < 1.29 is 0 Å². The first-order chi connectivity index (χ1) is 8.52. The van der Waals surface area contributed by atoms with Crippen LogP contribution in [0.25, 0.3) is 5.69 Å². The standard InChI is InChI=1S/C14H20N4/c1-9(2)14-16-13(8-15)17-18(14)12-6-5-10(3)11(4)7-12/h5-7,9H,8,15H2,1-4H3. The van der Waals surface area contributed by atoms with Gasteiger partial charge >= 0.3 is 0 Å². The summed E-state index contributed by atoms with van der Waals surface area (Å²) in [6.45, 7) is 8.81. The smallest absolute Gasteiger partial charge is 0.164 e. The predicted octanol–water partition coefficient (Wildman–Crippen LogP) is 2.47. The van der Waals surface area contributed by atoms with E-state index in [1.165, 1.54) is 11.1 Å². The van der Waals surface area contributed by atoms with Crippen LogP contribution in [0.15, 0.2) is 18.2 Å². The molecule has 0 fully saturated rings. The highest BCUT2D eigenvalue weighted by atomic mass is 15.4. The Bertz CT molecular complexity index is 555. The van der Waals surface area contributed by atoms with Crippen LogP contribution >= 0.6 is 0 Å². The minimum absolute atomic E-state index is 0.319. The molecule has 18 heavy (non-hydrogen) atoms.